The Balaban J connectivity index is 2.24. The number of nitrogens with one attached hydrogen (secondary N) is 1. The molecule has 1 aromatic rings. The van der Waals surface area contributed by atoms with Crippen LogP contribution in [0.2, 0.25) is 0 Å². The van der Waals surface area contributed by atoms with E-state index >= 15 is 0 Å². The van der Waals surface area contributed by atoms with E-state index in [9.17, 15) is 28.4 Å². The molecule has 6 nitrogen and oxygen atoms in total. The summed E-state index contributed by atoms with van der Waals surface area (Å²) in [5.41, 5.74) is -3.09. The van der Waals surface area contributed by atoms with E-state index in [-0.39, 0.29) is 12.2 Å². The van der Waals surface area contributed by atoms with E-state index in [0.29, 0.717) is 25.1 Å². The van der Waals surface area contributed by atoms with Crippen LogP contribution in [0, 0.1) is 10.1 Å². The van der Waals surface area contributed by atoms with Crippen molar-refractivity contribution in [2.45, 2.75) is 37.5 Å². The van der Waals surface area contributed by atoms with E-state index in [0.717, 1.165) is 12.8 Å². The van der Waals surface area contributed by atoms with Crippen LogP contribution < -0.4 is 5.32 Å². The minimum atomic E-state index is -4.68. The fourth-order valence-corrected chi connectivity index (χ4v) is 2.36. The van der Waals surface area contributed by atoms with Gasteiger partial charge in [0.15, 0.2) is 0 Å². The van der Waals surface area contributed by atoms with Crippen molar-refractivity contribution in [2.75, 3.05) is 11.9 Å². The molecule has 0 amide bonds. The molecular weight excluding hydrogens is 291 g/mol. The fraction of sp³-hybridized carbons (Fsp3) is 0.583. The Labute approximate surface area is 118 Å². The lowest BCUT2D eigenvalue weighted by atomic mass is 10.0. The Morgan fingerprint density at radius 3 is 2.57 bits per heavy atom. The molecule has 0 bridgehead atoms. The molecule has 2 rings (SSSR count). The third-order valence-corrected chi connectivity index (χ3v) is 3.51. The average Bonchev–Trinajstić information content (AvgIpc) is 2.82. The molecular formula is C12H14F3N3O3. The highest BCUT2D eigenvalue weighted by atomic mass is 19.4. The van der Waals surface area contributed by atoms with Crippen molar-refractivity contribution in [3.63, 3.8) is 0 Å². The van der Waals surface area contributed by atoms with E-state index < -0.39 is 28.1 Å². The fourth-order valence-electron chi connectivity index (χ4n) is 2.36. The van der Waals surface area contributed by atoms with Gasteiger partial charge in [-0.3, -0.25) is 10.1 Å². The Morgan fingerprint density at radius 2 is 2.05 bits per heavy atom. The molecule has 0 aromatic carbocycles. The van der Waals surface area contributed by atoms with Crippen LogP contribution in [-0.4, -0.2) is 27.2 Å². The number of aliphatic hydroxyl groups is 1. The minimum Gasteiger partial charge on any atom is -0.388 e. The smallest absolute Gasteiger partial charge is 0.388 e. The number of hydrogen-bond donors (Lipinski definition) is 2. The number of alkyl halides is 3. The number of nitro groups is 1. The van der Waals surface area contributed by atoms with Crippen LogP contribution in [0.3, 0.4) is 0 Å². The van der Waals surface area contributed by atoms with Gasteiger partial charge in [-0.2, -0.15) is 13.2 Å². The number of pyridine rings is 1. The number of anilines is 1. The van der Waals surface area contributed by atoms with Gasteiger partial charge >= 0.3 is 11.9 Å². The highest BCUT2D eigenvalue weighted by Gasteiger charge is 2.35. The second kappa shape index (κ2) is 5.47. The van der Waals surface area contributed by atoms with E-state index in [4.69, 9.17) is 0 Å². The van der Waals surface area contributed by atoms with E-state index in [1.807, 2.05) is 0 Å². The molecule has 2 N–H and O–H groups in total. The second-order valence-corrected chi connectivity index (χ2v) is 5.13. The largest absolute Gasteiger partial charge is 0.433 e. The first-order chi connectivity index (χ1) is 9.71. The third kappa shape index (κ3) is 3.60. The molecule has 0 unspecified atom stereocenters. The molecule has 0 aliphatic heterocycles. The zero-order chi connectivity index (χ0) is 15.7. The van der Waals surface area contributed by atoms with Gasteiger partial charge in [0.05, 0.1) is 10.5 Å². The summed E-state index contributed by atoms with van der Waals surface area (Å²) in [6.07, 6.45) is -1.43. The van der Waals surface area contributed by atoms with Crippen molar-refractivity contribution in [3.05, 3.63) is 28.1 Å². The van der Waals surface area contributed by atoms with E-state index in [1.54, 1.807) is 0 Å². The van der Waals surface area contributed by atoms with Gasteiger partial charge in [0.2, 0.25) is 0 Å². The van der Waals surface area contributed by atoms with Crippen molar-refractivity contribution in [1.29, 1.82) is 0 Å². The minimum absolute atomic E-state index is 0.0326. The molecule has 9 heteroatoms. The summed E-state index contributed by atoms with van der Waals surface area (Å²) in [5, 5.41) is 23.5. The highest BCUT2D eigenvalue weighted by Crippen LogP contribution is 2.34. The van der Waals surface area contributed by atoms with Crippen LogP contribution in [0.1, 0.15) is 31.4 Å². The molecule has 1 fully saturated rings. The molecule has 1 aromatic heterocycles. The predicted octanol–water partition coefficient (Wildman–Crippen LogP) is 2.73. The standard InChI is InChI=1S/C12H14F3N3O3/c13-12(14,15)10-5-8(9(6-16-10)18(20)21)17-7-11(19)3-1-2-4-11/h5-6,19H,1-4,7H2,(H,16,17). The van der Waals surface area contributed by atoms with Gasteiger partial charge in [0.1, 0.15) is 17.6 Å². The number of hydrogen-bond acceptors (Lipinski definition) is 5. The van der Waals surface area contributed by atoms with Crippen LogP contribution in [0.4, 0.5) is 24.5 Å². The molecule has 0 radical (unpaired) electrons. The Hall–Kier alpha value is -1.90. The number of aromatic nitrogens is 1. The molecule has 1 aliphatic carbocycles. The van der Waals surface area contributed by atoms with Crippen molar-refractivity contribution in [1.82, 2.24) is 4.98 Å². The van der Waals surface area contributed by atoms with Crippen LogP contribution in [0.5, 0.6) is 0 Å². The van der Waals surface area contributed by atoms with Crippen molar-refractivity contribution in [2.24, 2.45) is 0 Å². The van der Waals surface area contributed by atoms with Gasteiger partial charge in [0, 0.05) is 6.54 Å². The van der Waals surface area contributed by atoms with Gasteiger partial charge in [0.25, 0.3) is 0 Å². The topological polar surface area (TPSA) is 88.3 Å². The summed E-state index contributed by atoms with van der Waals surface area (Å²) < 4.78 is 37.8. The number of nitrogens with zero attached hydrogens (tertiary/aromatic N) is 2. The summed E-state index contributed by atoms with van der Waals surface area (Å²) in [5.74, 6) is 0. The lowest BCUT2D eigenvalue weighted by Crippen LogP contribution is -2.33. The molecule has 21 heavy (non-hydrogen) atoms. The predicted molar refractivity (Wildman–Crippen MR) is 67.8 cm³/mol. The van der Waals surface area contributed by atoms with Gasteiger partial charge in [-0.15, -0.1) is 0 Å². The maximum Gasteiger partial charge on any atom is 0.433 e. The third-order valence-electron chi connectivity index (χ3n) is 3.51. The summed E-state index contributed by atoms with van der Waals surface area (Å²) in [6, 6.07) is 0.594. The molecule has 0 spiro atoms. The van der Waals surface area contributed by atoms with Crippen molar-refractivity contribution in [3.8, 4) is 0 Å². The molecule has 116 valence electrons. The normalized spacial score (nSPS) is 17.7. The van der Waals surface area contributed by atoms with Crippen LogP contribution >= 0.6 is 0 Å². The van der Waals surface area contributed by atoms with Crippen LogP contribution in [-0.2, 0) is 6.18 Å². The Bertz CT molecular complexity index is 542. The number of rotatable bonds is 4. The van der Waals surface area contributed by atoms with Crippen LogP contribution in [0.25, 0.3) is 0 Å². The first kappa shape index (κ1) is 15.5. The van der Waals surface area contributed by atoms with Crippen LogP contribution in [0.15, 0.2) is 12.3 Å². The van der Waals surface area contributed by atoms with Crippen molar-refractivity contribution >= 4 is 11.4 Å². The molecule has 1 saturated carbocycles. The van der Waals surface area contributed by atoms with Gasteiger partial charge in [-0.05, 0) is 18.9 Å². The van der Waals surface area contributed by atoms with E-state index in [1.165, 1.54) is 0 Å². The summed E-state index contributed by atoms with van der Waals surface area (Å²) in [6.45, 7) is -0.0326. The maximum atomic E-state index is 12.6. The molecule has 0 saturated heterocycles. The lowest BCUT2D eigenvalue weighted by molar-refractivity contribution is -0.384. The average molecular weight is 305 g/mol. The van der Waals surface area contributed by atoms with Crippen molar-refractivity contribution < 1.29 is 23.2 Å². The summed E-state index contributed by atoms with van der Waals surface area (Å²) >= 11 is 0. The zero-order valence-electron chi connectivity index (χ0n) is 11.0. The lowest BCUT2D eigenvalue weighted by Gasteiger charge is -2.23. The quantitative estimate of drug-likeness (QED) is 0.659. The molecule has 1 heterocycles. The van der Waals surface area contributed by atoms with E-state index in [2.05, 4.69) is 10.3 Å². The van der Waals surface area contributed by atoms with Gasteiger partial charge in [-0.1, -0.05) is 12.8 Å². The zero-order valence-corrected chi connectivity index (χ0v) is 11.0. The highest BCUT2D eigenvalue weighted by molar-refractivity contribution is 5.61. The first-order valence-corrected chi connectivity index (χ1v) is 6.39. The summed E-state index contributed by atoms with van der Waals surface area (Å²) in [4.78, 5) is 13.1. The number of halogens is 3. The molecule has 0 atom stereocenters. The maximum absolute atomic E-state index is 12.6. The SMILES string of the molecule is O=[N+]([O-])c1cnc(C(F)(F)F)cc1NCC1(O)CCCC1. The monoisotopic (exact) mass is 305 g/mol. The first-order valence-electron chi connectivity index (χ1n) is 6.39. The van der Waals surface area contributed by atoms with Gasteiger partial charge < -0.3 is 10.4 Å². The molecule has 1 aliphatic rings. The Morgan fingerprint density at radius 1 is 1.43 bits per heavy atom. The second-order valence-electron chi connectivity index (χ2n) is 5.13. The summed E-state index contributed by atoms with van der Waals surface area (Å²) in [7, 11) is 0. The van der Waals surface area contributed by atoms with Gasteiger partial charge in [-0.25, -0.2) is 4.98 Å². The Kier molecular flexibility index (Phi) is 4.04.